The molecule has 4 rings (SSSR count). The molecule has 0 aliphatic carbocycles. The molecule has 0 saturated carbocycles. The van der Waals surface area contributed by atoms with E-state index in [0.717, 1.165) is 29.4 Å². The van der Waals surface area contributed by atoms with E-state index in [-0.39, 0.29) is 18.0 Å². The lowest BCUT2D eigenvalue weighted by Gasteiger charge is -2.37. The molecule has 0 unspecified atom stereocenters. The first kappa shape index (κ1) is 20.2. The van der Waals surface area contributed by atoms with E-state index in [4.69, 9.17) is 11.6 Å². The lowest BCUT2D eigenvalue weighted by molar-refractivity contribution is 0.0630. The molecule has 2 N–H and O–H groups in total. The number of urea groups is 1. The summed E-state index contributed by atoms with van der Waals surface area (Å²) in [7, 11) is 1.78. The molecule has 7 nitrogen and oxygen atoms in total. The molecule has 2 aromatic heterocycles. The van der Waals surface area contributed by atoms with E-state index in [1.165, 1.54) is 0 Å². The number of likely N-dealkylation sites (N-methyl/N-ethyl adjacent to an activating group) is 1. The number of carbonyl (C=O) groups is 2. The Hall–Kier alpha value is -3.06. The second-order valence-corrected chi connectivity index (χ2v) is 7.99. The van der Waals surface area contributed by atoms with Crippen molar-refractivity contribution in [3.8, 4) is 0 Å². The molecule has 1 aliphatic heterocycles. The fourth-order valence-corrected chi connectivity index (χ4v) is 4.01. The molecule has 0 radical (unpaired) electrons. The van der Waals surface area contributed by atoms with Crippen LogP contribution in [0.5, 0.6) is 0 Å². The number of amides is 3. The molecule has 1 fully saturated rings. The molecule has 1 aromatic carbocycles. The number of piperidine rings is 1. The monoisotopic (exact) mass is 425 g/mol. The third-order valence-electron chi connectivity index (χ3n) is 5.50. The third kappa shape index (κ3) is 4.41. The number of pyridine rings is 1. The number of aromatic amines is 1. The fraction of sp³-hybridized carbons (Fsp3) is 0.318. The smallest absolute Gasteiger partial charge is 0.317 e. The van der Waals surface area contributed by atoms with Crippen LogP contribution in [0.2, 0.25) is 5.02 Å². The quantitative estimate of drug-likeness (QED) is 0.669. The van der Waals surface area contributed by atoms with Gasteiger partial charge in [0.2, 0.25) is 0 Å². The second-order valence-electron chi connectivity index (χ2n) is 7.56. The highest BCUT2D eigenvalue weighted by molar-refractivity contribution is 6.31. The highest BCUT2D eigenvalue weighted by atomic mass is 35.5. The van der Waals surface area contributed by atoms with Crippen LogP contribution in [0.3, 0.4) is 0 Å². The molecule has 1 atom stereocenters. The first-order chi connectivity index (χ1) is 14.5. The lowest BCUT2D eigenvalue weighted by atomic mass is 10.0. The van der Waals surface area contributed by atoms with E-state index < -0.39 is 0 Å². The molecule has 1 aliphatic rings. The van der Waals surface area contributed by atoms with E-state index >= 15 is 0 Å². The van der Waals surface area contributed by atoms with Crippen molar-refractivity contribution in [1.29, 1.82) is 0 Å². The predicted molar refractivity (Wildman–Crippen MR) is 116 cm³/mol. The number of benzene rings is 1. The van der Waals surface area contributed by atoms with Gasteiger partial charge in [-0.05, 0) is 49.2 Å². The Balaban J connectivity index is 1.35. The van der Waals surface area contributed by atoms with Gasteiger partial charge in [-0.2, -0.15) is 0 Å². The van der Waals surface area contributed by atoms with Crippen LogP contribution >= 0.6 is 11.6 Å². The number of aromatic nitrogens is 2. The number of H-pyrrole nitrogens is 1. The summed E-state index contributed by atoms with van der Waals surface area (Å²) in [4.78, 5) is 36.3. The maximum Gasteiger partial charge on any atom is 0.317 e. The molecule has 30 heavy (non-hydrogen) atoms. The Morgan fingerprint density at radius 3 is 2.97 bits per heavy atom. The summed E-state index contributed by atoms with van der Waals surface area (Å²) in [6.07, 6.45) is 3.33. The number of halogens is 1. The Kier molecular flexibility index (Phi) is 5.90. The molecular formula is C22H24ClN5O2. The van der Waals surface area contributed by atoms with Crippen molar-refractivity contribution in [3.05, 3.63) is 65.1 Å². The molecule has 1 saturated heterocycles. The van der Waals surface area contributed by atoms with Crippen molar-refractivity contribution in [2.24, 2.45) is 0 Å². The minimum atomic E-state index is -0.163. The average Bonchev–Trinajstić information content (AvgIpc) is 3.19. The van der Waals surface area contributed by atoms with Crippen LogP contribution in [0.15, 0.2) is 48.7 Å². The van der Waals surface area contributed by atoms with E-state index in [2.05, 4.69) is 15.3 Å². The number of nitrogens with one attached hydrogen (secondary N) is 2. The van der Waals surface area contributed by atoms with Crippen molar-refractivity contribution in [1.82, 2.24) is 25.1 Å². The first-order valence-corrected chi connectivity index (χ1v) is 10.4. The summed E-state index contributed by atoms with van der Waals surface area (Å²) < 4.78 is 0. The van der Waals surface area contributed by atoms with Crippen LogP contribution in [0.4, 0.5) is 4.79 Å². The van der Waals surface area contributed by atoms with E-state index in [1.807, 2.05) is 24.3 Å². The number of nitrogens with zero attached hydrogens (tertiary/aromatic N) is 3. The van der Waals surface area contributed by atoms with Crippen LogP contribution in [-0.2, 0) is 6.54 Å². The summed E-state index contributed by atoms with van der Waals surface area (Å²) in [5.74, 6) is -0.0918. The summed E-state index contributed by atoms with van der Waals surface area (Å²) in [6.45, 7) is 1.57. The summed E-state index contributed by atoms with van der Waals surface area (Å²) in [5, 5.41) is 4.64. The number of carbonyl (C=O) groups excluding carboxylic acids is 2. The Labute approximate surface area is 180 Å². The normalized spacial score (nSPS) is 16.5. The highest BCUT2D eigenvalue weighted by Crippen LogP contribution is 2.20. The number of fused-ring (bicyclic) bond motifs is 1. The minimum Gasteiger partial charge on any atom is -0.357 e. The van der Waals surface area contributed by atoms with Gasteiger partial charge in [0.15, 0.2) is 0 Å². The summed E-state index contributed by atoms with van der Waals surface area (Å²) in [5.41, 5.74) is 2.32. The number of hydrogen-bond donors (Lipinski definition) is 2. The van der Waals surface area contributed by atoms with Crippen molar-refractivity contribution >= 4 is 34.4 Å². The van der Waals surface area contributed by atoms with Gasteiger partial charge in [0.25, 0.3) is 5.91 Å². The zero-order valence-electron chi connectivity index (χ0n) is 16.8. The molecule has 3 amide bonds. The summed E-state index contributed by atoms with van der Waals surface area (Å²) >= 11 is 6.03. The molecule has 3 heterocycles. The van der Waals surface area contributed by atoms with Crippen LogP contribution in [0.1, 0.15) is 29.0 Å². The largest absolute Gasteiger partial charge is 0.357 e. The number of rotatable bonds is 4. The maximum atomic E-state index is 12.7. The van der Waals surface area contributed by atoms with Gasteiger partial charge >= 0.3 is 6.03 Å². The van der Waals surface area contributed by atoms with Crippen LogP contribution in [0, 0.1) is 0 Å². The topological polar surface area (TPSA) is 81.3 Å². The van der Waals surface area contributed by atoms with Crippen molar-refractivity contribution < 1.29 is 9.59 Å². The molecule has 0 spiro atoms. The van der Waals surface area contributed by atoms with Gasteiger partial charge < -0.3 is 20.1 Å². The molecular weight excluding hydrogens is 402 g/mol. The van der Waals surface area contributed by atoms with Gasteiger partial charge in [-0.25, -0.2) is 4.79 Å². The van der Waals surface area contributed by atoms with Gasteiger partial charge in [0, 0.05) is 48.0 Å². The molecule has 156 valence electrons. The summed E-state index contributed by atoms with van der Waals surface area (Å²) in [6, 6.07) is 12.7. The first-order valence-electron chi connectivity index (χ1n) is 9.99. The van der Waals surface area contributed by atoms with Crippen molar-refractivity contribution in [2.75, 3.05) is 20.1 Å². The van der Waals surface area contributed by atoms with Crippen LogP contribution < -0.4 is 5.32 Å². The van der Waals surface area contributed by atoms with E-state index in [0.29, 0.717) is 30.4 Å². The zero-order valence-corrected chi connectivity index (χ0v) is 17.5. The Morgan fingerprint density at radius 1 is 1.30 bits per heavy atom. The SMILES string of the molecule is CN(C(=O)NCc1cc2cc(Cl)ccc2[nH]1)[C@@H]1CCCN(C(=O)c2ccccn2)C1. The van der Waals surface area contributed by atoms with Gasteiger partial charge in [0.05, 0.1) is 12.6 Å². The van der Waals surface area contributed by atoms with Crippen molar-refractivity contribution in [2.45, 2.75) is 25.4 Å². The minimum absolute atomic E-state index is 0.0343. The van der Waals surface area contributed by atoms with Gasteiger partial charge in [-0.3, -0.25) is 9.78 Å². The molecule has 3 aromatic rings. The van der Waals surface area contributed by atoms with Gasteiger partial charge in [-0.15, -0.1) is 0 Å². The average molecular weight is 426 g/mol. The Bertz CT molecular complexity index is 1050. The van der Waals surface area contributed by atoms with Crippen LogP contribution in [0.25, 0.3) is 10.9 Å². The fourth-order valence-electron chi connectivity index (χ4n) is 3.83. The van der Waals surface area contributed by atoms with E-state index in [1.54, 1.807) is 41.2 Å². The number of hydrogen-bond acceptors (Lipinski definition) is 3. The standard InChI is InChI=1S/C22H24ClN5O2/c1-27(18-5-4-10-28(14-18)21(29)20-6-2-3-9-24-20)22(30)25-13-17-12-15-11-16(23)7-8-19(15)26-17/h2-3,6-9,11-12,18,26H,4-5,10,13-14H2,1H3,(H,25,30)/t18-/m1/s1. The third-order valence-corrected chi connectivity index (χ3v) is 5.74. The Morgan fingerprint density at radius 2 is 2.17 bits per heavy atom. The maximum absolute atomic E-state index is 12.7. The highest BCUT2D eigenvalue weighted by Gasteiger charge is 2.29. The second kappa shape index (κ2) is 8.75. The van der Waals surface area contributed by atoms with Gasteiger partial charge in [-0.1, -0.05) is 17.7 Å². The van der Waals surface area contributed by atoms with E-state index in [9.17, 15) is 9.59 Å². The number of likely N-dealkylation sites (tertiary alicyclic amines) is 1. The van der Waals surface area contributed by atoms with Crippen molar-refractivity contribution in [3.63, 3.8) is 0 Å². The lowest BCUT2D eigenvalue weighted by Crippen LogP contribution is -2.52. The zero-order chi connectivity index (χ0) is 21.1. The predicted octanol–water partition coefficient (Wildman–Crippen LogP) is 3.66. The van der Waals surface area contributed by atoms with Gasteiger partial charge in [0.1, 0.15) is 5.69 Å². The van der Waals surface area contributed by atoms with Crippen LogP contribution in [-0.4, -0.2) is 57.9 Å². The molecule has 8 heteroatoms. The molecule has 0 bridgehead atoms.